The Morgan fingerprint density at radius 2 is 2.33 bits per heavy atom. The summed E-state index contributed by atoms with van der Waals surface area (Å²) in [4.78, 5) is 2.41. The molecule has 2 atom stereocenters. The first-order valence-corrected chi connectivity index (χ1v) is 5.23. The molecule has 0 radical (unpaired) electrons. The molecule has 0 saturated carbocycles. The molecule has 1 aliphatic rings. The average molecular weight is 170 g/mol. The Morgan fingerprint density at radius 1 is 1.58 bits per heavy atom. The minimum atomic E-state index is 0.254. The van der Waals surface area contributed by atoms with E-state index in [9.17, 15) is 0 Å². The predicted molar refractivity (Wildman–Crippen MR) is 52.9 cm³/mol. The van der Waals surface area contributed by atoms with Gasteiger partial charge in [-0.2, -0.15) is 0 Å². The molecule has 0 aromatic rings. The first kappa shape index (κ1) is 10.0. The van der Waals surface area contributed by atoms with Gasteiger partial charge in [0.25, 0.3) is 0 Å². The van der Waals surface area contributed by atoms with Crippen molar-refractivity contribution >= 4 is 0 Å². The van der Waals surface area contributed by atoms with Crippen LogP contribution in [-0.2, 0) is 0 Å². The number of nitrogens with two attached hydrogens (primary N) is 1. The summed E-state index contributed by atoms with van der Waals surface area (Å²) in [6.07, 6.45) is 5.70. The van der Waals surface area contributed by atoms with Gasteiger partial charge in [0.1, 0.15) is 0 Å². The maximum absolute atomic E-state index is 5.85. The van der Waals surface area contributed by atoms with E-state index < -0.39 is 0 Å². The highest BCUT2D eigenvalue weighted by Gasteiger charge is 2.20. The summed E-state index contributed by atoms with van der Waals surface area (Å²) in [6.45, 7) is 6.79. The van der Waals surface area contributed by atoms with Gasteiger partial charge in [-0.3, -0.25) is 4.90 Å². The van der Waals surface area contributed by atoms with Crippen LogP contribution in [0.4, 0.5) is 0 Å². The van der Waals surface area contributed by atoms with Gasteiger partial charge in [-0.05, 0) is 38.6 Å². The smallest absolute Gasteiger partial charge is 0.0542 e. The van der Waals surface area contributed by atoms with Crippen LogP contribution in [0, 0.1) is 5.92 Å². The summed E-state index contributed by atoms with van der Waals surface area (Å²) in [6, 6.07) is 0. The van der Waals surface area contributed by atoms with Crippen LogP contribution in [-0.4, -0.2) is 24.2 Å². The van der Waals surface area contributed by atoms with E-state index in [1.807, 2.05) is 0 Å². The summed E-state index contributed by atoms with van der Waals surface area (Å²) >= 11 is 0. The molecule has 1 saturated heterocycles. The summed E-state index contributed by atoms with van der Waals surface area (Å²) < 4.78 is 0. The molecule has 2 N–H and O–H groups in total. The number of likely N-dealkylation sites (tertiary alicyclic amines) is 1. The highest BCUT2D eigenvalue weighted by Crippen LogP contribution is 2.21. The second kappa shape index (κ2) is 4.83. The third-order valence-electron chi connectivity index (χ3n) is 2.82. The quantitative estimate of drug-likeness (QED) is 0.700. The first-order chi connectivity index (χ1) is 5.74. The molecular formula is C10H22N2. The van der Waals surface area contributed by atoms with Gasteiger partial charge in [-0.25, -0.2) is 0 Å². The van der Waals surface area contributed by atoms with Crippen molar-refractivity contribution in [2.45, 2.75) is 45.7 Å². The summed E-state index contributed by atoms with van der Waals surface area (Å²) in [7, 11) is 0. The number of piperidine rings is 1. The van der Waals surface area contributed by atoms with Crippen LogP contribution in [0.2, 0.25) is 0 Å². The lowest BCUT2D eigenvalue weighted by Crippen LogP contribution is -2.45. The lowest BCUT2D eigenvalue weighted by molar-refractivity contribution is 0.129. The standard InChI is InChI=1S/C10H22N2/c1-3-5-10-6-4-7-12(8-10)9(2)11/h9-10H,3-8,11H2,1-2H3. The molecule has 1 rings (SSSR count). The fraction of sp³-hybridized carbons (Fsp3) is 1.00. The molecule has 1 fully saturated rings. The zero-order valence-electron chi connectivity index (χ0n) is 8.42. The fourth-order valence-corrected chi connectivity index (χ4v) is 2.11. The Morgan fingerprint density at radius 3 is 2.92 bits per heavy atom. The Labute approximate surface area is 76.1 Å². The van der Waals surface area contributed by atoms with Crippen LogP contribution < -0.4 is 5.73 Å². The van der Waals surface area contributed by atoms with Crippen LogP contribution >= 0.6 is 0 Å². The topological polar surface area (TPSA) is 29.3 Å². The van der Waals surface area contributed by atoms with Crippen molar-refractivity contribution in [3.8, 4) is 0 Å². The summed E-state index contributed by atoms with van der Waals surface area (Å²) in [5, 5.41) is 0. The minimum Gasteiger partial charge on any atom is -0.316 e. The van der Waals surface area contributed by atoms with Crippen molar-refractivity contribution in [1.82, 2.24) is 4.90 Å². The zero-order chi connectivity index (χ0) is 8.97. The van der Waals surface area contributed by atoms with Gasteiger partial charge >= 0.3 is 0 Å². The van der Waals surface area contributed by atoms with Gasteiger partial charge in [-0.1, -0.05) is 13.3 Å². The summed E-state index contributed by atoms with van der Waals surface area (Å²) in [5.74, 6) is 0.912. The van der Waals surface area contributed by atoms with Gasteiger partial charge in [-0.15, -0.1) is 0 Å². The lowest BCUT2D eigenvalue weighted by Gasteiger charge is -2.35. The molecule has 72 valence electrons. The number of nitrogens with zero attached hydrogens (tertiary/aromatic N) is 1. The molecule has 0 spiro atoms. The molecular weight excluding hydrogens is 148 g/mol. The SMILES string of the molecule is CCCC1CCCN(C(C)N)C1. The maximum Gasteiger partial charge on any atom is 0.0542 e. The van der Waals surface area contributed by atoms with Crippen molar-refractivity contribution in [3.05, 3.63) is 0 Å². The number of rotatable bonds is 3. The van der Waals surface area contributed by atoms with Crippen molar-refractivity contribution in [3.63, 3.8) is 0 Å². The van der Waals surface area contributed by atoms with E-state index in [1.54, 1.807) is 0 Å². The van der Waals surface area contributed by atoms with Crippen molar-refractivity contribution in [2.24, 2.45) is 11.7 Å². The van der Waals surface area contributed by atoms with Gasteiger partial charge in [0.05, 0.1) is 6.17 Å². The molecule has 0 aromatic heterocycles. The van der Waals surface area contributed by atoms with E-state index in [-0.39, 0.29) is 6.17 Å². The van der Waals surface area contributed by atoms with Gasteiger partial charge in [0.2, 0.25) is 0 Å². The highest BCUT2D eigenvalue weighted by molar-refractivity contribution is 4.74. The molecule has 1 aliphatic heterocycles. The molecule has 0 bridgehead atoms. The van der Waals surface area contributed by atoms with Gasteiger partial charge in [0.15, 0.2) is 0 Å². The average Bonchev–Trinajstić information content (AvgIpc) is 2.05. The van der Waals surface area contributed by atoms with Gasteiger partial charge < -0.3 is 5.73 Å². The van der Waals surface area contributed by atoms with E-state index in [0.717, 1.165) is 5.92 Å². The van der Waals surface area contributed by atoms with Crippen LogP contribution in [0.25, 0.3) is 0 Å². The number of hydrogen-bond donors (Lipinski definition) is 1. The second-order valence-corrected chi connectivity index (χ2v) is 4.03. The molecule has 0 aromatic carbocycles. The monoisotopic (exact) mass is 170 g/mol. The van der Waals surface area contributed by atoms with Crippen LogP contribution in [0.15, 0.2) is 0 Å². The number of hydrogen-bond acceptors (Lipinski definition) is 2. The van der Waals surface area contributed by atoms with Crippen LogP contribution in [0.3, 0.4) is 0 Å². The molecule has 2 heteroatoms. The minimum absolute atomic E-state index is 0.254. The molecule has 12 heavy (non-hydrogen) atoms. The third kappa shape index (κ3) is 2.76. The van der Waals surface area contributed by atoms with E-state index in [2.05, 4.69) is 18.7 Å². The van der Waals surface area contributed by atoms with Crippen LogP contribution in [0.5, 0.6) is 0 Å². The second-order valence-electron chi connectivity index (χ2n) is 4.03. The largest absolute Gasteiger partial charge is 0.316 e. The van der Waals surface area contributed by atoms with Crippen LogP contribution in [0.1, 0.15) is 39.5 Å². The normalized spacial score (nSPS) is 28.8. The summed E-state index contributed by atoms with van der Waals surface area (Å²) in [5.41, 5.74) is 5.85. The molecule has 0 amide bonds. The lowest BCUT2D eigenvalue weighted by atomic mass is 9.93. The molecule has 2 nitrogen and oxygen atoms in total. The van der Waals surface area contributed by atoms with Crippen molar-refractivity contribution < 1.29 is 0 Å². The Bertz CT molecular complexity index is 121. The zero-order valence-corrected chi connectivity index (χ0v) is 8.42. The van der Waals surface area contributed by atoms with E-state index in [4.69, 9.17) is 5.73 Å². The van der Waals surface area contributed by atoms with Crippen molar-refractivity contribution in [2.75, 3.05) is 13.1 Å². The fourth-order valence-electron chi connectivity index (χ4n) is 2.11. The van der Waals surface area contributed by atoms with E-state index in [1.165, 1.54) is 38.8 Å². The molecule has 0 aliphatic carbocycles. The maximum atomic E-state index is 5.85. The Hall–Kier alpha value is -0.0800. The van der Waals surface area contributed by atoms with E-state index in [0.29, 0.717) is 0 Å². The van der Waals surface area contributed by atoms with Gasteiger partial charge in [0, 0.05) is 6.54 Å². The first-order valence-electron chi connectivity index (χ1n) is 5.23. The van der Waals surface area contributed by atoms with E-state index >= 15 is 0 Å². The molecule has 1 heterocycles. The highest BCUT2D eigenvalue weighted by atomic mass is 15.2. The Balaban J connectivity index is 2.30. The van der Waals surface area contributed by atoms with Crippen molar-refractivity contribution in [1.29, 1.82) is 0 Å². The molecule has 2 unspecified atom stereocenters. The third-order valence-corrected chi connectivity index (χ3v) is 2.82. The predicted octanol–water partition coefficient (Wildman–Crippen LogP) is 1.80. The Kier molecular flexibility index (Phi) is 4.02.